The number of rotatable bonds is 8. The Morgan fingerprint density at radius 1 is 1.03 bits per heavy atom. The standard InChI is InChI=1S/C26H27ClN6O2/c27-23-7-5-21(6-8-23)25-30-24(35-31-25)17-32-12-9-22(10-13-32)26(34)29-15-19-1-3-20(4-2-19)16-33-14-11-28-18-33/h1-8,11,14,18,22H,9-10,12-13,15-17H2,(H,29,34). The van der Waals surface area contributed by atoms with Gasteiger partial charge in [0.05, 0.1) is 12.9 Å². The maximum atomic E-state index is 12.7. The number of halogens is 1. The van der Waals surface area contributed by atoms with Crippen molar-refractivity contribution in [2.75, 3.05) is 13.1 Å². The first-order chi connectivity index (χ1) is 17.1. The topological polar surface area (TPSA) is 89.1 Å². The van der Waals surface area contributed by atoms with E-state index in [1.54, 1.807) is 24.7 Å². The van der Waals surface area contributed by atoms with E-state index in [2.05, 4.69) is 49.6 Å². The number of nitrogens with one attached hydrogen (secondary N) is 1. The minimum Gasteiger partial charge on any atom is -0.352 e. The van der Waals surface area contributed by atoms with E-state index in [4.69, 9.17) is 16.1 Å². The van der Waals surface area contributed by atoms with Crippen molar-refractivity contribution in [2.24, 2.45) is 5.92 Å². The summed E-state index contributed by atoms with van der Waals surface area (Å²) in [6.45, 7) is 3.55. The Hall–Kier alpha value is -3.49. The normalized spacial score (nSPS) is 14.8. The van der Waals surface area contributed by atoms with Crippen LogP contribution in [0, 0.1) is 5.92 Å². The fourth-order valence-electron chi connectivity index (χ4n) is 4.27. The van der Waals surface area contributed by atoms with E-state index >= 15 is 0 Å². The maximum Gasteiger partial charge on any atom is 0.241 e. The minimum absolute atomic E-state index is 0.0269. The Labute approximate surface area is 208 Å². The molecule has 1 fully saturated rings. The van der Waals surface area contributed by atoms with Crippen LogP contribution in [0.2, 0.25) is 5.02 Å². The molecule has 1 aliphatic rings. The monoisotopic (exact) mass is 490 g/mol. The van der Waals surface area contributed by atoms with Gasteiger partial charge in [-0.15, -0.1) is 0 Å². The van der Waals surface area contributed by atoms with Crippen LogP contribution >= 0.6 is 11.6 Å². The fourth-order valence-corrected chi connectivity index (χ4v) is 4.39. The zero-order valence-corrected chi connectivity index (χ0v) is 20.1. The zero-order chi connectivity index (χ0) is 24.0. The van der Waals surface area contributed by atoms with Gasteiger partial charge in [0, 0.05) is 42.0 Å². The lowest BCUT2D eigenvalue weighted by Crippen LogP contribution is -2.40. The molecule has 1 amide bonds. The largest absolute Gasteiger partial charge is 0.352 e. The Bertz CT molecular complexity index is 1230. The third-order valence-corrected chi connectivity index (χ3v) is 6.55. The van der Waals surface area contributed by atoms with E-state index in [0.717, 1.165) is 43.6 Å². The van der Waals surface area contributed by atoms with Gasteiger partial charge in [-0.2, -0.15) is 4.98 Å². The van der Waals surface area contributed by atoms with Crippen LogP contribution in [0.4, 0.5) is 0 Å². The van der Waals surface area contributed by atoms with E-state index in [1.165, 1.54) is 5.56 Å². The van der Waals surface area contributed by atoms with Crippen LogP contribution in [0.1, 0.15) is 29.9 Å². The number of aromatic nitrogens is 4. The molecule has 180 valence electrons. The third-order valence-electron chi connectivity index (χ3n) is 6.30. The van der Waals surface area contributed by atoms with E-state index in [9.17, 15) is 4.79 Å². The van der Waals surface area contributed by atoms with Crippen LogP contribution in [0.5, 0.6) is 0 Å². The van der Waals surface area contributed by atoms with Crippen molar-refractivity contribution in [1.29, 1.82) is 0 Å². The van der Waals surface area contributed by atoms with Crippen LogP contribution in [0.3, 0.4) is 0 Å². The lowest BCUT2D eigenvalue weighted by Gasteiger charge is -2.30. The van der Waals surface area contributed by atoms with Gasteiger partial charge < -0.3 is 14.4 Å². The smallest absolute Gasteiger partial charge is 0.241 e. The average Bonchev–Trinajstić information content (AvgIpc) is 3.57. The maximum absolute atomic E-state index is 12.7. The summed E-state index contributed by atoms with van der Waals surface area (Å²) in [5.74, 6) is 1.28. The molecule has 3 heterocycles. The molecule has 0 bridgehead atoms. The van der Waals surface area contributed by atoms with Gasteiger partial charge in [-0.25, -0.2) is 4.98 Å². The number of imidazole rings is 1. The predicted molar refractivity (Wildman–Crippen MR) is 132 cm³/mol. The molecule has 0 spiro atoms. The van der Waals surface area contributed by atoms with Crippen molar-refractivity contribution < 1.29 is 9.32 Å². The van der Waals surface area contributed by atoms with E-state index < -0.39 is 0 Å². The van der Waals surface area contributed by atoms with Gasteiger partial charge in [-0.3, -0.25) is 9.69 Å². The van der Waals surface area contributed by atoms with Gasteiger partial charge in [-0.1, -0.05) is 41.0 Å². The lowest BCUT2D eigenvalue weighted by atomic mass is 9.96. The van der Waals surface area contributed by atoms with Crippen molar-refractivity contribution >= 4 is 17.5 Å². The number of carbonyl (C=O) groups is 1. The Morgan fingerprint density at radius 2 is 1.77 bits per heavy atom. The molecule has 0 atom stereocenters. The van der Waals surface area contributed by atoms with Crippen molar-refractivity contribution in [1.82, 2.24) is 29.9 Å². The summed E-state index contributed by atoms with van der Waals surface area (Å²) in [6.07, 6.45) is 7.15. The summed E-state index contributed by atoms with van der Waals surface area (Å²) >= 11 is 5.94. The predicted octanol–water partition coefficient (Wildman–Crippen LogP) is 4.16. The summed E-state index contributed by atoms with van der Waals surface area (Å²) in [4.78, 5) is 23.5. The molecule has 1 saturated heterocycles. The second-order valence-corrected chi connectivity index (χ2v) is 9.27. The first kappa shape index (κ1) is 23.3. The zero-order valence-electron chi connectivity index (χ0n) is 19.3. The molecule has 0 unspecified atom stereocenters. The Morgan fingerprint density at radius 3 is 2.49 bits per heavy atom. The number of likely N-dealkylation sites (tertiary alicyclic amines) is 1. The number of nitrogens with zero attached hydrogens (tertiary/aromatic N) is 5. The highest BCUT2D eigenvalue weighted by atomic mass is 35.5. The second-order valence-electron chi connectivity index (χ2n) is 8.84. The summed E-state index contributed by atoms with van der Waals surface area (Å²) < 4.78 is 7.46. The summed E-state index contributed by atoms with van der Waals surface area (Å²) in [5, 5.41) is 7.85. The molecule has 0 aliphatic carbocycles. The van der Waals surface area contributed by atoms with Crippen LogP contribution in [-0.2, 0) is 24.4 Å². The first-order valence-corrected chi connectivity index (χ1v) is 12.1. The van der Waals surface area contributed by atoms with Gasteiger partial charge in [0.1, 0.15) is 0 Å². The Kier molecular flexibility index (Phi) is 7.20. The van der Waals surface area contributed by atoms with Crippen LogP contribution in [0.25, 0.3) is 11.4 Å². The highest BCUT2D eigenvalue weighted by Gasteiger charge is 2.26. The molecule has 9 heteroatoms. The summed E-state index contributed by atoms with van der Waals surface area (Å²) in [7, 11) is 0. The van der Waals surface area contributed by atoms with E-state index in [-0.39, 0.29) is 11.8 Å². The molecular formula is C26H27ClN6O2. The highest BCUT2D eigenvalue weighted by Crippen LogP contribution is 2.22. The van der Waals surface area contributed by atoms with Crippen molar-refractivity contribution in [3.63, 3.8) is 0 Å². The number of piperidine rings is 1. The molecular weight excluding hydrogens is 464 g/mol. The van der Waals surface area contributed by atoms with Gasteiger partial charge in [0.2, 0.25) is 17.6 Å². The van der Waals surface area contributed by atoms with Crippen molar-refractivity contribution in [3.8, 4) is 11.4 Å². The molecule has 0 saturated carbocycles. The van der Waals surface area contributed by atoms with Crippen molar-refractivity contribution in [2.45, 2.75) is 32.5 Å². The number of benzene rings is 2. The van der Waals surface area contributed by atoms with Gasteiger partial charge >= 0.3 is 0 Å². The molecule has 2 aromatic carbocycles. The highest BCUT2D eigenvalue weighted by molar-refractivity contribution is 6.30. The minimum atomic E-state index is 0.0269. The van der Waals surface area contributed by atoms with Gasteiger partial charge in [0.15, 0.2) is 0 Å². The lowest BCUT2D eigenvalue weighted by molar-refractivity contribution is -0.126. The third kappa shape index (κ3) is 6.15. The average molecular weight is 491 g/mol. The number of amides is 1. The van der Waals surface area contributed by atoms with Gasteiger partial charge in [-0.05, 0) is 61.3 Å². The molecule has 1 aliphatic heterocycles. The van der Waals surface area contributed by atoms with E-state index in [0.29, 0.717) is 29.8 Å². The number of carbonyl (C=O) groups excluding carboxylic acids is 1. The van der Waals surface area contributed by atoms with Crippen LogP contribution < -0.4 is 5.32 Å². The number of hydrogen-bond donors (Lipinski definition) is 1. The molecule has 35 heavy (non-hydrogen) atoms. The van der Waals surface area contributed by atoms with Crippen molar-refractivity contribution in [3.05, 3.63) is 89.3 Å². The molecule has 8 nitrogen and oxygen atoms in total. The molecule has 5 rings (SSSR count). The summed E-state index contributed by atoms with van der Waals surface area (Å²) in [5.41, 5.74) is 3.16. The van der Waals surface area contributed by atoms with Crippen LogP contribution in [0.15, 0.2) is 71.8 Å². The fraction of sp³-hybridized carbons (Fsp3) is 0.308. The van der Waals surface area contributed by atoms with E-state index in [1.807, 2.05) is 22.9 Å². The molecule has 1 N–H and O–H groups in total. The molecule has 4 aromatic rings. The SMILES string of the molecule is O=C(NCc1ccc(Cn2ccnc2)cc1)C1CCN(Cc2nc(-c3ccc(Cl)cc3)no2)CC1. The number of hydrogen-bond acceptors (Lipinski definition) is 6. The Balaban J connectivity index is 1.05. The summed E-state index contributed by atoms with van der Waals surface area (Å²) in [6, 6.07) is 15.7. The first-order valence-electron chi connectivity index (χ1n) is 11.7. The van der Waals surface area contributed by atoms with Crippen LogP contribution in [-0.4, -0.2) is 43.6 Å². The molecule has 0 radical (unpaired) electrons. The van der Waals surface area contributed by atoms with Gasteiger partial charge in [0.25, 0.3) is 0 Å². The second kappa shape index (κ2) is 10.8. The molecule has 2 aromatic heterocycles. The quantitative estimate of drug-likeness (QED) is 0.399.